The number of rotatable bonds is 0. The van der Waals surface area contributed by atoms with Crippen molar-refractivity contribution in [2.45, 2.75) is 31.8 Å². The molecule has 0 saturated heterocycles. The highest BCUT2D eigenvalue weighted by atomic mass is 16.3. The van der Waals surface area contributed by atoms with Gasteiger partial charge in [0, 0.05) is 0 Å². The smallest absolute Gasteiger partial charge is 0.0599 e. The summed E-state index contributed by atoms with van der Waals surface area (Å²) < 4.78 is 0. The zero-order valence-electron chi connectivity index (χ0n) is 6.16. The summed E-state index contributed by atoms with van der Waals surface area (Å²) in [6.07, 6.45) is 5.55. The van der Waals surface area contributed by atoms with Crippen molar-refractivity contribution in [2.24, 2.45) is 23.7 Å². The van der Waals surface area contributed by atoms with E-state index in [0.717, 1.165) is 17.8 Å². The van der Waals surface area contributed by atoms with Gasteiger partial charge in [0.1, 0.15) is 0 Å². The van der Waals surface area contributed by atoms with Crippen LogP contribution in [0.4, 0.5) is 0 Å². The van der Waals surface area contributed by atoms with Crippen LogP contribution < -0.4 is 0 Å². The molecule has 5 atom stereocenters. The van der Waals surface area contributed by atoms with E-state index in [1.807, 2.05) is 0 Å². The molecule has 56 valence electrons. The predicted octanol–water partition coefficient (Wildman–Crippen LogP) is 1.41. The number of aliphatic hydroxyl groups excluding tert-OH is 1. The molecule has 0 spiro atoms. The molecule has 0 aliphatic heterocycles. The molecule has 1 nitrogen and oxygen atoms in total. The fourth-order valence-electron chi connectivity index (χ4n) is 3.54. The second-order valence-corrected chi connectivity index (χ2v) is 4.39. The van der Waals surface area contributed by atoms with Crippen LogP contribution in [0.1, 0.15) is 25.7 Å². The molecule has 5 aliphatic rings. The van der Waals surface area contributed by atoms with Crippen molar-refractivity contribution >= 4 is 0 Å². The zero-order chi connectivity index (χ0) is 6.72. The van der Waals surface area contributed by atoms with Crippen LogP contribution in [-0.4, -0.2) is 11.2 Å². The Morgan fingerprint density at radius 3 is 2.20 bits per heavy atom. The summed E-state index contributed by atoms with van der Waals surface area (Å²) in [5, 5.41) is 9.71. The van der Waals surface area contributed by atoms with Gasteiger partial charge in [0.25, 0.3) is 0 Å². The molecule has 5 rings (SSSR count). The average molecular weight is 138 g/mol. The van der Waals surface area contributed by atoms with Crippen molar-refractivity contribution in [3.63, 3.8) is 0 Å². The average Bonchev–Trinajstić information content (AvgIpc) is 1.89. The van der Waals surface area contributed by atoms with Crippen molar-refractivity contribution < 1.29 is 5.11 Å². The molecule has 0 aromatic heterocycles. The minimum Gasteiger partial charge on any atom is -0.393 e. The summed E-state index contributed by atoms with van der Waals surface area (Å²) in [5.74, 6) is 3.42. The van der Waals surface area contributed by atoms with E-state index < -0.39 is 0 Å². The van der Waals surface area contributed by atoms with Gasteiger partial charge in [-0.2, -0.15) is 0 Å². The van der Waals surface area contributed by atoms with Crippen LogP contribution in [0.2, 0.25) is 0 Å². The largest absolute Gasteiger partial charge is 0.393 e. The first-order valence-corrected chi connectivity index (χ1v) is 4.54. The summed E-state index contributed by atoms with van der Waals surface area (Å²) >= 11 is 0. The Bertz CT molecular complexity index is 152. The Morgan fingerprint density at radius 2 is 1.80 bits per heavy atom. The summed E-state index contributed by atoms with van der Waals surface area (Å²) in [4.78, 5) is 0. The molecule has 0 radical (unpaired) electrons. The van der Waals surface area contributed by atoms with Crippen LogP contribution in [0.5, 0.6) is 0 Å². The van der Waals surface area contributed by atoms with Gasteiger partial charge in [0.05, 0.1) is 6.10 Å². The highest BCUT2D eigenvalue weighted by Gasteiger charge is 2.55. The molecule has 5 aliphatic carbocycles. The third-order valence-electron chi connectivity index (χ3n) is 4.13. The van der Waals surface area contributed by atoms with E-state index in [0.29, 0.717) is 5.92 Å². The molecule has 1 heteroatoms. The van der Waals surface area contributed by atoms with E-state index in [1.54, 1.807) is 0 Å². The van der Waals surface area contributed by atoms with E-state index >= 15 is 0 Å². The lowest BCUT2D eigenvalue weighted by molar-refractivity contribution is -0.160. The lowest BCUT2D eigenvalue weighted by Gasteiger charge is -2.60. The molecule has 0 heterocycles. The van der Waals surface area contributed by atoms with Gasteiger partial charge in [-0.1, -0.05) is 0 Å². The van der Waals surface area contributed by atoms with Crippen molar-refractivity contribution in [3.8, 4) is 0 Å². The molecular weight excluding hydrogens is 124 g/mol. The van der Waals surface area contributed by atoms with Gasteiger partial charge in [-0.3, -0.25) is 0 Å². The van der Waals surface area contributed by atoms with Crippen LogP contribution in [0.25, 0.3) is 0 Å². The van der Waals surface area contributed by atoms with Gasteiger partial charge in [-0.15, -0.1) is 0 Å². The van der Waals surface area contributed by atoms with E-state index in [-0.39, 0.29) is 6.10 Å². The van der Waals surface area contributed by atoms with Gasteiger partial charge in [0.2, 0.25) is 0 Å². The predicted molar refractivity (Wildman–Crippen MR) is 38.4 cm³/mol. The molecule has 10 heavy (non-hydrogen) atoms. The molecule has 0 aromatic rings. The Balaban J connectivity index is 1.94. The Labute approximate surface area is 61.4 Å². The minimum absolute atomic E-state index is 0.101. The first-order valence-electron chi connectivity index (χ1n) is 4.54. The van der Waals surface area contributed by atoms with Gasteiger partial charge in [-0.05, 0) is 49.4 Å². The van der Waals surface area contributed by atoms with E-state index in [2.05, 4.69) is 0 Å². The van der Waals surface area contributed by atoms with Crippen molar-refractivity contribution in [1.82, 2.24) is 0 Å². The standard InChI is InChI=1S/C9H14O/c10-9-5-1-2-7-6(3-5)4-8(7)9/h5-10H,1-4H2. The highest BCUT2D eigenvalue weighted by molar-refractivity contribution is 5.04. The number of hydrogen-bond donors (Lipinski definition) is 1. The van der Waals surface area contributed by atoms with E-state index in [1.165, 1.54) is 25.7 Å². The van der Waals surface area contributed by atoms with Crippen LogP contribution in [0.15, 0.2) is 0 Å². The first kappa shape index (κ1) is 5.59. The lowest BCUT2D eigenvalue weighted by atomic mass is 9.47. The van der Waals surface area contributed by atoms with E-state index in [9.17, 15) is 5.11 Å². The fraction of sp³-hybridized carbons (Fsp3) is 1.00. The number of fused-ring (bicyclic) bond motifs is 1. The van der Waals surface area contributed by atoms with Crippen molar-refractivity contribution in [1.29, 1.82) is 0 Å². The third-order valence-corrected chi connectivity index (χ3v) is 4.13. The maximum absolute atomic E-state index is 9.71. The molecule has 5 saturated carbocycles. The SMILES string of the molecule is OC1C2CCC3C(C2)CC13. The lowest BCUT2D eigenvalue weighted by Crippen LogP contribution is -2.56. The van der Waals surface area contributed by atoms with Crippen LogP contribution in [-0.2, 0) is 0 Å². The molecule has 5 unspecified atom stereocenters. The first-order chi connectivity index (χ1) is 4.86. The van der Waals surface area contributed by atoms with Gasteiger partial charge in [0.15, 0.2) is 0 Å². The van der Waals surface area contributed by atoms with Crippen LogP contribution >= 0.6 is 0 Å². The second-order valence-electron chi connectivity index (χ2n) is 4.39. The van der Waals surface area contributed by atoms with Crippen LogP contribution in [0, 0.1) is 23.7 Å². The normalized spacial score (nSPS) is 63.9. The maximum atomic E-state index is 9.71. The molecule has 0 aromatic carbocycles. The quantitative estimate of drug-likeness (QED) is 0.536. The van der Waals surface area contributed by atoms with Gasteiger partial charge < -0.3 is 5.11 Å². The number of hydrogen-bond acceptors (Lipinski definition) is 1. The summed E-state index contributed by atoms with van der Waals surface area (Å²) in [6.45, 7) is 0. The van der Waals surface area contributed by atoms with E-state index in [4.69, 9.17) is 0 Å². The summed E-state index contributed by atoms with van der Waals surface area (Å²) in [6, 6.07) is 0. The second kappa shape index (κ2) is 1.58. The minimum atomic E-state index is 0.101. The van der Waals surface area contributed by atoms with Crippen LogP contribution in [0.3, 0.4) is 0 Å². The molecule has 0 amide bonds. The Kier molecular flexibility index (Phi) is 0.883. The topological polar surface area (TPSA) is 20.2 Å². The van der Waals surface area contributed by atoms with Gasteiger partial charge in [-0.25, -0.2) is 0 Å². The summed E-state index contributed by atoms with van der Waals surface area (Å²) in [5.41, 5.74) is 0. The molecule has 5 fully saturated rings. The number of aliphatic hydroxyl groups is 1. The van der Waals surface area contributed by atoms with Crippen molar-refractivity contribution in [3.05, 3.63) is 0 Å². The molecule has 1 N–H and O–H groups in total. The summed E-state index contributed by atoms with van der Waals surface area (Å²) in [7, 11) is 0. The Hall–Kier alpha value is -0.0400. The monoisotopic (exact) mass is 138 g/mol. The fourth-order valence-corrected chi connectivity index (χ4v) is 3.54. The molecule has 4 bridgehead atoms. The molecular formula is C9H14O. The Morgan fingerprint density at radius 1 is 0.900 bits per heavy atom. The van der Waals surface area contributed by atoms with Crippen molar-refractivity contribution in [2.75, 3.05) is 0 Å². The zero-order valence-corrected chi connectivity index (χ0v) is 6.16. The maximum Gasteiger partial charge on any atom is 0.0599 e. The highest BCUT2D eigenvalue weighted by Crippen LogP contribution is 2.59. The third kappa shape index (κ3) is 0.460. The van der Waals surface area contributed by atoms with Gasteiger partial charge >= 0.3 is 0 Å².